The molecule has 4 heterocycles. The zero-order valence-corrected chi connectivity index (χ0v) is 41.4. The highest BCUT2D eigenvalue weighted by Gasteiger charge is 2.81. The molecule has 1 amide bonds. The van der Waals surface area contributed by atoms with Gasteiger partial charge in [0.2, 0.25) is 12.2 Å². The molecule has 5 unspecified atom stereocenters. The summed E-state index contributed by atoms with van der Waals surface area (Å²) in [6.07, 6.45) is 11.2. The molecule has 13 heteroatoms. The average molecular weight is 930 g/mol. The highest BCUT2D eigenvalue weighted by atomic mass is 16.7. The molecule has 3 aliphatic carbocycles. The molecule has 1 spiro atoms. The number of aliphatic hydroxyl groups is 4. The molecule has 4 N–H and O–H groups in total. The first-order valence-electron chi connectivity index (χ1n) is 24.7. The van der Waals surface area contributed by atoms with Crippen LogP contribution in [-0.4, -0.2) is 116 Å². The predicted molar refractivity (Wildman–Crippen MR) is 255 cm³/mol. The third-order valence-electron chi connectivity index (χ3n) is 14.9. The molecule has 0 aromatic heterocycles. The van der Waals surface area contributed by atoms with Crippen LogP contribution in [-0.2, 0) is 25.5 Å². The van der Waals surface area contributed by atoms with Crippen molar-refractivity contribution in [1.29, 1.82) is 0 Å². The van der Waals surface area contributed by atoms with Gasteiger partial charge in [-0.2, -0.15) is 0 Å². The van der Waals surface area contributed by atoms with Gasteiger partial charge >= 0.3 is 0 Å². The van der Waals surface area contributed by atoms with Crippen LogP contribution >= 0.6 is 0 Å². The second kappa shape index (κ2) is 19.7. The average Bonchev–Trinajstić information content (AvgIpc) is 3.43. The van der Waals surface area contributed by atoms with Crippen LogP contribution in [0.25, 0.3) is 6.08 Å². The fraction of sp³-hybridized carbons (Fsp3) is 0.648. The number of carbonyl (C=O) groups excluding carboxylic acids is 3. The molecule has 3 fully saturated rings. The SMILES string of the molecule is CCCCCN(CCCCC)C(=O)C(C)=CCC12OC(C)(C)C3CC(C=C4C(=O)c5c(O[C@@H]6O[C@H](CO)[C@@H](O)[C@@H](O)[C@H]6O)c6c(c(CC=C(C)C)c5OC431)OC(C)(CCC=C(C)C)C=C6)C2=O. The third kappa shape index (κ3) is 9.02. The molecule has 67 heavy (non-hydrogen) atoms. The van der Waals surface area contributed by atoms with Gasteiger partial charge in [0.25, 0.3) is 0 Å². The number of rotatable bonds is 19. The first-order valence-corrected chi connectivity index (χ1v) is 24.7. The van der Waals surface area contributed by atoms with Crippen LogP contribution in [0.1, 0.15) is 155 Å². The number of unbranched alkanes of at least 4 members (excludes halogenated alkanes) is 4. The standard InChI is InChI=1S/C54H75NO12/c1-11-13-15-26-55(27-16-14-12-2)49(62)33(7)21-25-53-48(61)34-28-37-41(57)40-46(64-50-44(60)43(59)42(58)38(30-56)63-50)36-22-24-52(10,23-17-18-31(3)4)65-45(36)35(20-19-32(5)6)47(40)66-54(37,53)39(29-34)51(8,9)67-53/h18-19,21-22,24,28,34,38-39,42-44,50,56,58-60H,11-17,20,23,25-27,29-30H2,1-10H3/t34?,38-,39?,42-,43-,44-,50+,52?,53?,54?/m1/s1. The summed E-state index contributed by atoms with van der Waals surface area (Å²) in [4.78, 5) is 47.2. The molecule has 0 radical (unpaired) electrons. The number of amides is 1. The minimum absolute atomic E-state index is 0.0122. The van der Waals surface area contributed by atoms with Gasteiger partial charge in [-0.15, -0.1) is 0 Å². The van der Waals surface area contributed by atoms with E-state index in [2.05, 4.69) is 19.9 Å². The van der Waals surface area contributed by atoms with Crippen LogP contribution in [0.4, 0.5) is 0 Å². The van der Waals surface area contributed by atoms with Gasteiger partial charge in [0.15, 0.2) is 22.8 Å². The maximum Gasteiger partial charge on any atom is 0.249 e. The smallest absolute Gasteiger partial charge is 0.249 e. The lowest BCUT2D eigenvalue weighted by Crippen LogP contribution is -2.72. The van der Waals surface area contributed by atoms with Crippen molar-refractivity contribution in [2.45, 2.75) is 193 Å². The fourth-order valence-electron chi connectivity index (χ4n) is 11.2. The van der Waals surface area contributed by atoms with Crippen LogP contribution in [0.3, 0.4) is 0 Å². The molecule has 7 aliphatic rings. The number of benzene rings is 1. The molecule has 13 nitrogen and oxygen atoms in total. The summed E-state index contributed by atoms with van der Waals surface area (Å²) in [7, 11) is 0. The summed E-state index contributed by atoms with van der Waals surface area (Å²) in [5.41, 5.74) is -1.22. The number of hydrogen-bond donors (Lipinski definition) is 4. The molecule has 4 aliphatic heterocycles. The van der Waals surface area contributed by atoms with Crippen LogP contribution in [0.2, 0.25) is 0 Å². The Hall–Kier alpha value is -4.11. The van der Waals surface area contributed by atoms with Crippen LogP contribution in [0, 0.1) is 11.8 Å². The minimum atomic E-state index is -1.79. The first-order chi connectivity index (χ1) is 31.7. The van der Waals surface area contributed by atoms with E-state index in [0.717, 1.165) is 50.5 Å². The van der Waals surface area contributed by atoms with Crippen molar-refractivity contribution < 1.29 is 58.5 Å². The van der Waals surface area contributed by atoms with E-state index in [1.807, 2.05) is 71.6 Å². The van der Waals surface area contributed by atoms with Gasteiger partial charge < -0.3 is 49.0 Å². The van der Waals surface area contributed by atoms with Gasteiger partial charge in [0, 0.05) is 48.1 Å². The van der Waals surface area contributed by atoms with Crippen molar-refractivity contribution in [3.8, 4) is 17.2 Å². The first kappa shape index (κ1) is 50.8. The molecule has 1 aromatic carbocycles. The zero-order valence-electron chi connectivity index (χ0n) is 41.4. The third-order valence-corrected chi connectivity index (χ3v) is 14.9. The Morgan fingerprint density at radius 3 is 2.18 bits per heavy atom. The lowest BCUT2D eigenvalue weighted by atomic mass is 9.51. The molecule has 10 atom stereocenters. The minimum Gasteiger partial charge on any atom is -0.482 e. The molecule has 4 bridgehead atoms. The normalized spacial score (nSPS) is 32.1. The number of hydrogen-bond acceptors (Lipinski definition) is 12. The molecule has 368 valence electrons. The van der Waals surface area contributed by atoms with Gasteiger partial charge in [-0.05, 0) is 106 Å². The number of carbonyl (C=O) groups is 3. The van der Waals surface area contributed by atoms with E-state index in [9.17, 15) is 25.2 Å². The topological polar surface area (TPSA) is 182 Å². The highest BCUT2D eigenvalue weighted by molar-refractivity contribution is 6.19. The number of nitrogens with zero attached hydrogens (tertiary/aromatic N) is 1. The summed E-state index contributed by atoms with van der Waals surface area (Å²) in [6, 6.07) is 0. The Balaban J connectivity index is 1.42. The Morgan fingerprint density at radius 2 is 1.55 bits per heavy atom. The molecule has 2 saturated heterocycles. The summed E-state index contributed by atoms with van der Waals surface area (Å²) in [6.45, 7) is 20.5. The van der Waals surface area contributed by atoms with E-state index >= 15 is 9.59 Å². The highest BCUT2D eigenvalue weighted by Crippen LogP contribution is 2.69. The lowest BCUT2D eigenvalue weighted by molar-refractivity contribution is -0.277. The Morgan fingerprint density at radius 1 is 0.881 bits per heavy atom. The molecule has 8 rings (SSSR count). The van der Waals surface area contributed by atoms with Crippen LogP contribution in [0.15, 0.2) is 52.7 Å². The number of allylic oxidation sites excluding steroid dienone is 5. The Bertz CT molecular complexity index is 2230. The maximum atomic E-state index is 15.9. The van der Waals surface area contributed by atoms with Crippen molar-refractivity contribution in [2.24, 2.45) is 11.8 Å². The largest absolute Gasteiger partial charge is 0.482 e. The lowest BCUT2D eigenvalue weighted by Gasteiger charge is -2.56. The summed E-state index contributed by atoms with van der Waals surface area (Å²) in [5, 5.41) is 43.0. The molecule has 1 saturated carbocycles. The number of ether oxygens (including phenoxy) is 5. The van der Waals surface area contributed by atoms with Gasteiger partial charge in [0.05, 0.1) is 17.8 Å². The van der Waals surface area contributed by atoms with E-state index in [1.165, 1.54) is 5.57 Å². The number of fused-ring (bicyclic) bond motifs is 2. The summed E-state index contributed by atoms with van der Waals surface area (Å²) < 4.78 is 34.2. The number of Topliss-reactive ketones (excluding diaryl/α,β-unsaturated/α-hetero) is 2. The van der Waals surface area contributed by atoms with Crippen molar-refractivity contribution >= 4 is 23.5 Å². The van der Waals surface area contributed by atoms with E-state index in [0.29, 0.717) is 48.4 Å². The van der Waals surface area contributed by atoms with E-state index < -0.39 is 77.3 Å². The Kier molecular flexibility index (Phi) is 14.9. The Labute approximate surface area is 396 Å². The van der Waals surface area contributed by atoms with Gasteiger partial charge in [-0.3, -0.25) is 14.4 Å². The van der Waals surface area contributed by atoms with E-state index in [1.54, 1.807) is 19.1 Å². The second-order valence-corrected chi connectivity index (χ2v) is 21.0. The van der Waals surface area contributed by atoms with Gasteiger partial charge in [0.1, 0.15) is 52.8 Å². The monoisotopic (exact) mass is 930 g/mol. The van der Waals surface area contributed by atoms with Crippen LogP contribution in [0.5, 0.6) is 17.2 Å². The predicted octanol–water partition coefficient (Wildman–Crippen LogP) is 7.84. The van der Waals surface area contributed by atoms with Crippen molar-refractivity contribution in [2.75, 3.05) is 19.7 Å². The summed E-state index contributed by atoms with van der Waals surface area (Å²) in [5.74, 6) is -1.44. The summed E-state index contributed by atoms with van der Waals surface area (Å²) >= 11 is 0. The van der Waals surface area contributed by atoms with Crippen molar-refractivity contribution in [3.63, 3.8) is 0 Å². The molecular weight excluding hydrogens is 855 g/mol. The number of aliphatic hydroxyl groups excluding tert-OH is 4. The quantitative estimate of drug-likeness (QED) is 0.0601. The molecular formula is C54H75NO12. The van der Waals surface area contributed by atoms with E-state index in [-0.39, 0.29) is 47.2 Å². The van der Waals surface area contributed by atoms with Crippen molar-refractivity contribution in [3.05, 3.63) is 69.4 Å². The second-order valence-electron chi connectivity index (χ2n) is 21.0. The zero-order chi connectivity index (χ0) is 48.8. The maximum absolute atomic E-state index is 15.9. The number of ketones is 2. The fourth-order valence-corrected chi connectivity index (χ4v) is 11.2. The van der Waals surface area contributed by atoms with E-state index in [4.69, 9.17) is 23.7 Å². The van der Waals surface area contributed by atoms with Crippen LogP contribution < -0.4 is 14.2 Å². The molecule has 1 aromatic rings. The van der Waals surface area contributed by atoms with Crippen molar-refractivity contribution in [1.82, 2.24) is 4.90 Å². The van der Waals surface area contributed by atoms with Gasteiger partial charge in [-0.1, -0.05) is 75.0 Å². The van der Waals surface area contributed by atoms with Gasteiger partial charge in [-0.25, -0.2) is 0 Å².